The second-order valence-corrected chi connectivity index (χ2v) is 4.94. The molecule has 0 radical (unpaired) electrons. The van der Waals surface area contributed by atoms with Crippen LogP contribution in [0.15, 0.2) is 12.1 Å². The van der Waals surface area contributed by atoms with E-state index in [9.17, 15) is 8.78 Å². The van der Waals surface area contributed by atoms with Crippen LogP contribution in [-0.2, 0) is 0 Å². The van der Waals surface area contributed by atoms with Crippen molar-refractivity contribution in [2.45, 2.75) is 30.5 Å². The maximum atomic E-state index is 13.5. The molecule has 0 fully saturated rings. The fourth-order valence-corrected chi connectivity index (χ4v) is 2.72. The Kier molecular flexibility index (Phi) is 2.60. The van der Waals surface area contributed by atoms with Gasteiger partial charge in [-0.25, -0.2) is 8.78 Å². The lowest BCUT2D eigenvalue weighted by Gasteiger charge is -2.26. The molecular formula is C11H11BrF2. The van der Waals surface area contributed by atoms with Crippen molar-refractivity contribution < 1.29 is 8.78 Å². The zero-order valence-corrected chi connectivity index (χ0v) is 9.44. The molecular weight excluding hydrogens is 250 g/mol. The van der Waals surface area contributed by atoms with Gasteiger partial charge in [-0.2, -0.15) is 0 Å². The van der Waals surface area contributed by atoms with E-state index in [1.165, 1.54) is 6.07 Å². The van der Waals surface area contributed by atoms with Gasteiger partial charge in [0.1, 0.15) is 11.6 Å². The standard InChI is InChI=1S/C11H11BrF2/c1-6-2-3-9(12)8-4-7(13)5-10(14)11(6)8/h4-6,9H,2-3H2,1H3. The van der Waals surface area contributed by atoms with E-state index in [2.05, 4.69) is 15.9 Å². The van der Waals surface area contributed by atoms with Crippen LogP contribution in [0, 0.1) is 11.6 Å². The Morgan fingerprint density at radius 2 is 2.00 bits per heavy atom. The molecule has 1 aliphatic carbocycles. The van der Waals surface area contributed by atoms with Crippen LogP contribution in [-0.4, -0.2) is 0 Å². The summed E-state index contributed by atoms with van der Waals surface area (Å²) in [6, 6.07) is 2.41. The SMILES string of the molecule is CC1CCC(Br)c2cc(F)cc(F)c21. The van der Waals surface area contributed by atoms with Crippen LogP contribution in [0.1, 0.15) is 41.6 Å². The quantitative estimate of drug-likeness (QED) is 0.611. The van der Waals surface area contributed by atoms with E-state index in [-0.39, 0.29) is 10.7 Å². The number of hydrogen-bond acceptors (Lipinski definition) is 0. The van der Waals surface area contributed by atoms with Gasteiger partial charge in [0, 0.05) is 10.9 Å². The lowest BCUT2D eigenvalue weighted by atomic mass is 9.83. The molecule has 0 aliphatic heterocycles. The zero-order valence-electron chi connectivity index (χ0n) is 7.86. The average molecular weight is 261 g/mol. The molecule has 76 valence electrons. The third-order valence-corrected chi connectivity index (χ3v) is 3.76. The molecule has 0 aromatic heterocycles. The van der Waals surface area contributed by atoms with Gasteiger partial charge < -0.3 is 0 Å². The molecule has 1 aromatic rings. The molecule has 0 N–H and O–H groups in total. The lowest BCUT2D eigenvalue weighted by molar-refractivity contribution is 0.513. The molecule has 2 rings (SSSR count). The number of alkyl halides is 1. The Balaban J connectivity index is 2.60. The minimum absolute atomic E-state index is 0.0962. The first kappa shape index (κ1) is 10.1. The van der Waals surface area contributed by atoms with Gasteiger partial charge in [0.25, 0.3) is 0 Å². The molecule has 0 amide bonds. The zero-order chi connectivity index (χ0) is 10.3. The van der Waals surface area contributed by atoms with Gasteiger partial charge in [-0.15, -0.1) is 0 Å². The smallest absolute Gasteiger partial charge is 0.129 e. The summed E-state index contributed by atoms with van der Waals surface area (Å²) in [7, 11) is 0. The summed E-state index contributed by atoms with van der Waals surface area (Å²) in [5, 5.41) is 0. The molecule has 0 spiro atoms. The highest BCUT2D eigenvalue weighted by Gasteiger charge is 2.26. The van der Waals surface area contributed by atoms with Crippen molar-refractivity contribution in [2.75, 3.05) is 0 Å². The Morgan fingerprint density at radius 1 is 1.29 bits per heavy atom. The highest BCUT2D eigenvalue weighted by atomic mass is 79.9. The van der Waals surface area contributed by atoms with E-state index in [0.29, 0.717) is 5.56 Å². The van der Waals surface area contributed by atoms with E-state index in [1.54, 1.807) is 0 Å². The minimum Gasteiger partial charge on any atom is -0.207 e. The number of hydrogen-bond donors (Lipinski definition) is 0. The van der Waals surface area contributed by atoms with E-state index in [0.717, 1.165) is 24.5 Å². The van der Waals surface area contributed by atoms with Crippen LogP contribution in [0.3, 0.4) is 0 Å². The van der Waals surface area contributed by atoms with E-state index >= 15 is 0 Å². The van der Waals surface area contributed by atoms with Crippen molar-refractivity contribution in [1.29, 1.82) is 0 Å². The van der Waals surface area contributed by atoms with Crippen LogP contribution in [0.25, 0.3) is 0 Å². The van der Waals surface area contributed by atoms with Crippen molar-refractivity contribution in [3.05, 3.63) is 34.9 Å². The molecule has 2 unspecified atom stereocenters. The fraction of sp³-hybridized carbons (Fsp3) is 0.455. The molecule has 0 bridgehead atoms. The molecule has 0 saturated carbocycles. The fourth-order valence-electron chi connectivity index (χ4n) is 2.08. The first-order valence-corrected chi connectivity index (χ1v) is 5.64. The lowest BCUT2D eigenvalue weighted by Crippen LogP contribution is -2.11. The molecule has 1 aliphatic rings. The second-order valence-electron chi connectivity index (χ2n) is 3.84. The molecule has 1 aromatic carbocycles. The summed E-state index contributed by atoms with van der Waals surface area (Å²) >= 11 is 3.45. The van der Waals surface area contributed by atoms with Gasteiger partial charge in [-0.3, -0.25) is 0 Å². The van der Waals surface area contributed by atoms with Crippen molar-refractivity contribution in [3.8, 4) is 0 Å². The molecule has 14 heavy (non-hydrogen) atoms. The monoisotopic (exact) mass is 260 g/mol. The summed E-state index contributed by atoms with van der Waals surface area (Å²) in [6.07, 6.45) is 1.89. The highest BCUT2D eigenvalue weighted by molar-refractivity contribution is 9.09. The summed E-state index contributed by atoms with van der Waals surface area (Å²) in [5.74, 6) is -0.698. The Bertz CT molecular complexity index is 363. The topological polar surface area (TPSA) is 0 Å². The number of benzene rings is 1. The maximum Gasteiger partial charge on any atom is 0.129 e. The van der Waals surface area contributed by atoms with Crippen molar-refractivity contribution in [2.24, 2.45) is 0 Å². The summed E-state index contributed by atoms with van der Waals surface area (Å²) < 4.78 is 26.5. The van der Waals surface area contributed by atoms with E-state index in [1.807, 2.05) is 6.92 Å². The van der Waals surface area contributed by atoms with Gasteiger partial charge in [0.05, 0.1) is 0 Å². The largest absolute Gasteiger partial charge is 0.207 e. The van der Waals surface area contributed by atoms with Crippen molar-refractivity contribution >= 4 is 15.9 Å². The Morgan fingerprint density at radius 3 is 2.71 bits per heavy atom. The molecule has 3 heteroatoms. The molecule has 2 atom stereocenters. The van der Waals surface area contributed by atoms with Gasteiger partial charge in [0.15, 0.2) is 0 Å². The number of rotatable bonds is 0. The van der Waals surface area contributed by atoms with Crippen LogP contribution in [0.4, 0.5) is 8.78 Å². The highest BCUT2D eigenvalue weighted by Crippen LogP contribution is 2.43. The van der Waals surface area contributed by atoms with E-state index < -0.39 is 11.6 Å². The average Bonchev–Trinajstić information content (AvgIpc) is 2.10. The minimum atomic E-state index is -0.486. The normalized spacial score (nSPS) is 26.0. The third kappa shape index (κ3) is 1.58. The van der Waals surface area contributed by atoms with Gasteiger partial charge >= 0.3 is 0 Å². The van der Waals surface area contributed by atoms with Crippen molar-refractivity contribution in [1.82, 2.24) is 0 Å². The predicted octanol–water partition coefficient (Wildman–Crippen LogP) is 4.30. The van der Waals surface area contributed by atoms with Crippen LogP contribution in [0.5, 0.6) is 0 Å². The predicted molar refractivity (Wildman–Crippen MR) is 55.7 cm³/mol. The van der Waals surface area contributed by atoms with Gasteiger partial charge in [0.2, 0.25) is 0 Å². The Hall–Kier alpha value is -0.440. The number of halogens is 3. The van der Waals surface area contributed by atoms with Crippen LogP contribution in [0.2, 0.25) is 0 Å². The van der Waals surface area contributed by atoms with E-state index in [4.69, 9.17) is 0 Å². The third-order valence-electron chi connectivity index (χ3n) is 2.81. The van der Waals surface area contributed by atoms with Crippen molar-refractivity contribution in [3.63, 3.8) is 0 Å². The maximum absolute atomic E-state index is 13.5. The number of fused-ring (bicyclic) bond motifs is 1. The molecule has 0 heterocycles. The first-order valence-electron chi connectivity index (χ1n) is 4.72. The Labute approximate surface area is 90.4 Å². The summed E-state index contributed by atoms with van der Waals surface area (Å²) in [4.78, 5) is 0.0962. The van der Waals surface area contributed by atoms with Crippen LogP contribution < -0.4 is 0 Å². The first-order chi connectivity index (χ1) is 6.59. The molecule has 0 nitrogen and oxygen atoms in total. The summed E-state index contributed by atoms with van der Waals surface area (Å²) in [5.41, 5.74) is 1.46. The van der Waals surface area contributed by atoms with Crippen LogP contribution >= 0.6 is 15.9 Å². The second kappa shape index (κ2) is 3.61. The summed E-state index contributed by atoms with van der Waals surface area (Å²) in [6.45, 7) is 1.98. The molecule has 0 saturated heterocycles. The van der Waals surface area contributed by atoms with Gasteiger partial charge in [-0.1, -0.05) is 22.9 Å². The van der Waals surface area contributed by atoms with Gasteiger partial charge in [-0.05, 0) is 36.0 Å².